The summed E-state index contributed by atoms with van der Waals surface area (Å²) in [7, 11) is 0. The zero-order valence-electron chi connectivity index (χ0n) is 20.5. The average Bonchev–Trinajstić information content (AvgIpc) is 3.20. The summed E-state index contributed by atoms with van der Waals surface area (Å²) < 4.78 is 0.896. The molecule has 1 atom stereocenters. The van der Waals surface area contributed by atoms with Gasteiger partial charge in [0.05, 0.1) is 11.4 Å². The molecule has 7 heteroatoms. The summed E-state index contributed by atoms with van der Waals surface area (Å²) in [6, 6.07) is 21.6. The van der Waals surface area contributed by atoms with E-state index in [1.54, 1.807) is 0 Å². The summed E-state index contributed by atoms with van der Waals surface area (Å²) in [6.45, 7) is 7.19. The number of aryl methyl sites for hydroxylation is 1. The SMILES string of the molecule is CCN(CC)Cc1ccc(N=C(c2ccc(CCC(=O)O)cc2)C2C(=O)Nc3cc(Br)ccc32)cc1. The lowest BCUT2D eigenvalue weighted by Crippen LogP contribution is -2.22. The van der Waals surface area contributed by atoms with Crippen LogP contribution in [-0.4, -0.2) is 40.7 Å². The first kappa shape index (κ1) is 25.8. The van der Waals surface area contributed by atoms with E-state index in [0.29, 0.717) is 12.1 Å². The summed E-state index contributed by atoms with van der Waals surface area (Å²) >= 11 is 3.48. The molecule has 0 radical (unpaired) electrons. The Bertz CT molecular complexity index is 1270. The average molecular weight is 548 g/mol. The number of rotatable bonds is 10. The van der Waals surface area contributed by atoms with Gasteiger partial charge in [0.15, 0.2) is 0 Å². The third-order valence-electron chi connectivity index (χ3n) is 6.48. The van der Waals surface area contributed by atoms with Crippen molar-refractivity contribution in [2.75, 3.05) is 18.4 Å². The molecule has 3 aromatic rings. The van der Waals surface area contributed by atoms with Crippen molar-refractivity contribution in [3.8, 4) is 0 Å². The summed E-state index contributed by atoms with van der Waals surface area (Å²) in [5, 5.41) is 12.0. The highest BCUT2D eigenvalue weighted by Gasteiger charge is 2.35. The zero-order valence-corrected chi connectivity index (χ0v) is 22.1. The Morgan fingerprint density at radius 3 is 2.31 bits per heavy atom. The van der Waals surface area contributed by atoms with Gasteiger partial charge in [-0.2, -0.15) is 0 Å². The fraction of sp³-hybridized carbons (Fsp3) is 0.276. The van der Waals surface area contributed by atoms with Crippen LogP contribution in [0, 0.1) is 0 Å². The zero-order chi connectivity index (χ0) is 25.7. The van der Waals surface area contributed by atoms with Gasteiger partial charge in [0, 0.05) is 23.1 Å². The van der Waals surface area contributed by atoms with E-state index in [1.807, 2.05) is 54.6 Å². The van der Waals surface area contributed by atoms with Crippen molar-refractivity contribution in [1.82, 2.24) is 4.90 Å². The summed E-state index contributed by atoms with van der Waals surface area (Å²) in [4.78, 5) is 31.4. The highest BCUT2D eigenvalue weighted by molar-refractivity contribution is 9.10. The summed E-state index contributed by atoms with van der Waals surface area (Å²) in [6.07, 6.45) is 0.532. The number of carbonyl (C=O) groups excluding carboxylic acids is 1. The molecule has 1 aliphatic heterocycles. The number of hydrogen-bond donors (Lipinski definition) is 2. The van der Waals surface area contributed by atoms with Crippen molar-refractivity contribution in [1.29, 1.82) is 0 Å². The Balaban J connectivity index is 1.71. The fourth-order valence-corrected chi connectivity index (χ4v) is 4.78. The number of benzene rings is 3. The molecule has 0 spiro atoms. The molecule has 0 aliphatic carbocycles. The van der Waals surface area contributed by atoms with Crippen LogP contribution >= 0.6 is 15.9 Å². The van der Waals surface area contributed by atoms with Crippen LogP contribution in [0.1, 0.15) is 48.4 Å². The number of fused-ring (bicyclic) bond motifs is 1. The van der Waals surface area contributed by atoms with Gasteiger partial charge in [0.2, 0.25) is 5.91 Å². The minimum Gasteiger partial charge on any atom is -0.481 e. The second-order valence-electron chi connectivity index (χ2n) is 8.87. The van der Waals surface area contributed by atoms with Gasteiger partial charge in [-0.15, -0.1) is 0 Å². The molecule has 1 amide bonds. The van der Waals surface area contributed by atoms with Gasteiger partial charge in [-0.3, -0.25) is 19.5 Å². The van der Waals surface area contributed by atoms with Crippen molar-refractivity contribution in [3.63, 3.8) is 0 Å². The van der Waals surface area contributed by atoms with E-state index in [4.69, 9.17) is 10.1 Å². The second kappa shape index (κ2) is 11.6. The fourth-order valence-electron chi connectivity index (χ4n) is 4.42. The van der Waals surface area contributed by atoms with Crippen LogP contribution in [0.15, 0.2) is 76.2 Å². The smallest absolute Gasteiger partial charge is 0.303 e. The molecule has 1 unspecified atom stereocenters. The van der Waals surface area contributed by atoms with Crippen LogP contribution in [0.4, 0.5) is 11.4 Å². The molecule has 0 aromatic heterocycles. The molecule has 0 bridgehead atoms. The lowest BCUT2D eigenvalue weighted by molar-refractivity contribution is -0.137. The summed E-state index contributed by atoms with van der Waals surface area (Å²) in [5.74, 6) is -1.49. The Morgan fingerprint density at radius 2 is 1.67 bits per heavy atom. The quantitative estimate of drug-likeness (QED) is 0.297. The van der Waals surface area contributed by atoms with Crippen LogP contribution in [-0.2, 0) is 22.6 Å². The lowest BCUT2D eigenvalue weighted by Gasteiger charge is -2.18. The topological polar surface area (TPSA) is 82.0 Å². The number of halogens is 1. The van der Waals surface area contributed by atoms with Crippen molar-refractivity contribution in [3.05, 3.63) is 93.5 Å². The molecule has 36 heavy (non-hydrogen) atoms. The third-order valence-corrected chi connectivity index (χ3v) is 6.98. The van der Waals surface area contributed by atoms with Crippen LogP contribution in [0.2, 0.25) is 0 Å². The monoisotopic (exact) mass is 547 g/mol. The first-order valence-electron chi connectivity index (χ1n) is 12.2. The highest BCUT2D eigenvalue weighted by Crippen LogP contribution is 2.38. The maximum absolute atomic E-state index is 13.2. The highest BCUT2D eigenvalue weighted by atomic mass is 79.9. The van der Waals surface area contributed by atoms with Crippen LogP contribution < -0.4 is 5.32 Å². The first-order chi connectivity index (χ1) is 17.4. The van der Waals surface area contributed by atoms with Gasteiger partial charge in [-0.05, 0) is 66.0 Å². The number of nitrogens with one attached hydrogen (secondary N) is 1. The van der Waals surface area contributed by atoms with E-state index in [1.165, 1.54) is 5.56 Å². The van der Waals surface area contributed by atoms with Crippen molar-refractivity contribution in [2.24, 2.45) is 4.99 Å². The standard InChI is InChI=1S/C29H30BrN3O3/c1-3-33(4-2)18-20-7-13-23(14-8-20)31-28(21-10-5-19(6-11-21)9-16-26(34)35)27-24-15-12-22(30)17-25(24)32-29(27)36/h5-8,10-15,17,27H,3-4,9,16,18H2,1-2H3,(H,32,36)(H,34,35). The van der Waals surface area contributed by atoms with E-state index in [2.05, 4.69) is 52.1 Å². The molecule has 4 rings (SSSR count). The number of hydrogen-bond acceptors (Lipinski definition) is 4. The number of anilines is 1. The number of carboxylic acids is 1. The molecule has 3 aromatic carbocycles. The summed E-state index contributed by atoms with van der Waals surface area (Å²) in [5.41, 5.74) is 6.08. The van der Waals surface area contributed by atoms with Gasteiger partial charge < -0.3 is 10.4 Å². The first-order valence-corrected chi connectivity index (χ1v) is 13.0. The van der Waals surface area contributed by atoms with Crippen LogP contribution in [0.5, 0.6) is 0 Å². The number of carboxylic acid groups (broad SMARTS) is 1. The number of nitrogens with zero attached hydrogens (tertiary/aromatic N) is 2. The minimum atomic E-state index is -0.823. The number of amides is 1. The van der Waals surface area contributed by atoms with Gasteiger partial charge in [-0.25, -0.2) is 0 Å². The molecular weight excluding hydrogens is 518 g/mol. The Kier molecular flexibility index (Phi) is 8.33. The van der Waals surface area contributed by atoms with Gasteiger partial charge >= 0.3 is 5.97 Å². The maximum atomic E-state index is 13.2. The molecule has 1 heterocycles. The van der Waals surface area contributed by atoms with Gasteiger partial charge in [-0.1, -0.05) is 72.2 Å². The van der Waals surface area contributed by atoms with E-state index in [-0.39, 0.29) is 12.3 Å². The Labute approximate surface area is 220 Å². The Morgan fingerprint density at radius 1 is 1.00 bits per heavy atom. The van der Waals surface area contributed by atoms with E-state index in [9.17, 15) is 9.59 Å². The predicted octanol–water partition coefficient (Wildman–Crippen LogP) is 6.16. The number of aliphatic carboxylic acids is 1. The third kappa shape index (κ3) is 6.09. The number of aliphatic imine (C=N–C) groups is 1. The van der Waals surface area contributed by atoms with Gasteiger partial charge in [0.25, 0.3) is 0 Å². The predicted molar refractivity (Wildman–Crippen MR) is 147 cm³/mol. The molecule has 186 valence electrons. The van der Waals surface area contributed by atoms with E-state index < -0.39 is 11.9 Å². The minimum absolute atomic E-state index is 0.0768. The number of carbonyl (C=O) groups is 2. The molecule has 0 saturated heterocycles. The van der Waals surface area contributed by atoms with Gasteiger partial charge in [0.1, 0.15) is 5.92 Å². The molecular formula is C29H30BrN3O3. The van der Waals surface area contributed by atoms with Crippen LogP contribution in [0.3, 0.4) is 0 Å². The van der Waals surface area contributed by atoms with E-state index >= 15 is 0 Å². The Hall–Kier alpha value is -3.29. The normalized spacial score (nSPS) is 15.2. The van der Waals surface area contributed by atoms with E-state index in [0.717, 1.165) is 52.2 Å². The molecule has 0 saturated carbocycles. The van der Waals surface area contributed by atoms with Crippen molar-refractivity contribution < 1.29 is 14.7 Å². The molecule has 6 nitrogen and oxygen atoms in total. The van der Waals surface area contributed by atoms with Crippen molar-refractivity contribution >= 4 is 44.9 Å². The second-order valence-corrected chi connectivity index (χ2v) is 9.79. The largest absolute Gasteiger partial charge is 0.481 e. The maximum Gasteiger partial charge on any atom is 0.303 e. The van der Waals surface area contributed by atoms with Crippen LogP contribution in [0.25, 0.3) is 0 Å². The lowest BCUT2D eigenvalue weighted by atomic mass is 9.90. The molecule has 2 N–H and O–H groups in total. The molecule has 0 fully saturated rings. The molecule has 1 aliphatic rings. The van der Waals surface area contributed by atoms with Crippen molar-refractivity contribution in [2.45, 2.75) is 39.2 Å².